The van der Waals surface area contributed by atoms with Crippen molar-refractivity contribution >= 4 is 5.82 Å². The lowest BCUT2D eigenvalue weighted by Gasteiger charge is -2.13. The van der Waals surface area contributed by atoms with E-state index in [0.717, 1.165) is 40.1 Å². The zero-order chi connectivity index (χ0) is 15.5. The van der Waals surface area contributed by atoms with Crippen molar-refractivity contribution in [2.24, 2.45) is 0 Å². The van der Waals surface area contributed by atoms with Gasteiger partial charge in [0.05, 0.1) is 5.69 Å². The number of pyridine rings is 2. The van der Waals surface area contributed by atoms with Crippen molar-refractivity contribution in [3.63, 3.8) is 0 Å². The van der Waals surface area contributed by atoms with Crippen LogP contribution in [0.25, 0.3) is 22.3 Å². The Morgan fingerprint density at radius 1 is 0.909 bits per heavy atom. The number of nitrogens with zero attached hydrogens (tertiary/aromatic N) is 2. The number of aryl methyl sites for hydroxylation is 2. The first kappa shape index (κ1) is 14.3. The molecule has 0 radical (unpaired) electrons. The zero-order valence-electron chi connectivity index (χ0n) is 12.9. The molecule has 2 heterocycles. The average Bonchev–Trinajstić information content (AvgIpc) is 2.55. The van der Waals surface area contributed by atoms with Crippen molar-refractivity contribution < 1.29 is 0 Å². The van der Waals surface area contributed by atoms with Crippen LogP contribution >= 0.6 is 0 Å². The molecule has 22 heavy (non-hydrogen) atoms. The summed E-state index contributed by atoms with van der Waals surface area (Å²) in [5.74, 6) is 0.565. The van der Waals surface area contributed by atoms with Gasteiger partial charge in [-0.3, -0.25) is 4.98 Å². The van der Waals surface area contributed by atoms with Crippen molar-refractivity contribution in [3.8, 4) is 22.3 Å². The zero-order valence-corrected chi connectivity index (χ0v) is 12.9. The number of benzene rings is 1. The Balaban J connectivity index is 2.18. The number of hydrogen-bond donors (Lipinski definition) is 1. The first-order valence-electron chi connectivity index (χ1n) is 7.47. The molecule has 0 saturated heterocycles. The Morgan fingerprint density at radius 2 is 1.68 bits per heavy atom. The summed E-state index contributed by atoms with van der Waals surface area (Å²) in [7, 11) is 0. The second-order valence-electron chi connectivity index (χ2n) is 5.32. The van der Waals surface area contributed by atoms with E-state index in [1.54, 1.807) is 0 Å². The summed E-state index contributed by atoms with van der Waals surface area (Å²) in [4.78, 5) is 8.89. The second-order valence-corrected chi connectivity index (χ2v) is 5.32. The maximum Gasteiger partial charge on any atom is 0.123 e. The molecular weight excluding hydrogens is 270 g/mol. The van der Waals surface area contributed by atoms with Crippen molar-refractivity contribution in [2.75, 3.05) is 5.73 Å². The van der Waals surface area contributed by atoms with Gasteiger partial charge in [-0.2, -0.15) is 0 Å². The molecule has 2 aromatic heterocycles. The number of nitrogen functional groups attached to an aromatic ring is 1. The maximum atomic E-state index is 5.83. The first-order valence-corrected chi connectivity index (χ1v) is 7.47. The fourth-order valence-corrected chi connectivity index (χ4v) is 2.63. The number of hydrogen-bond acceptors (Lipinski definition) is 3. The molecule has 0 unspecified atom stereocenters. The summed E-state index contributed by atoms with van der Waals surface area (Å²) in [6.45, 7) is 4.09. The highest BCUT2D eigenvalue weighted by atomic mass is 14.8. The quantitative estimate of drug-likeness (QED) is 0.783. The van der Waals surface area contributed by atoms with Crippen LogP contribution in [0.1, 0.15) is 18.3 Å². The van der Waals surface area contributed by atoms with E-state index in [9.17, 15) is 0 Å². The van der Waals surface area contributed by atoms with E-state index >= 15 is 0 Å². The fourth-order valence-electron chi connectivity index (χ4n) is 2.63. The van der Waals surface area contributed by atoms with E-state index in [1.165, 1.54) is 0 Å². The minimum Gasteiger partial charge on any atom is -0.384 e. The molecule has 2 N–H and O–H groups in total. The van der Waals surface area contributed by atoms with Crippen molar-refractivity contribution in [1.29, 1.82) is 0 Å². The highest BCUT2D eigenvalue weighted by molar-refractivity contribution is 5.84. The van der Waals surface area contributed by atoms with Gasteiger partial charge in [-0.25, -0.2) is 4.98 Å². The normalized spacial score (nSPS) is 10.6. The van der Waals surface area contributed by atoms with E-state index in [2.05, 4.69) is 53.3 Å². The molecule has 0 amide bonds. The summed E-state index contributed by atoms with van der Waals surface area (Å²) in [6.07, 6.45) is 2.77. The Morgan fingerprint density at radius 3 is 2.36 bits per heavy atom. The Kier molecular flexibility index (Phi) is 3.88. The molecule has 3 aromatic rings. The van der Waals surface area contributed by atoms with Gasteiger partial charge in [0.25, 0.3) is 0 Å². The summed E-state index contributed by atoms with van der Waals surface area (Å²) in [6, 6.07) is 16.4. The lowest BCUT2D eigenvalue weighted by atomic mass is 9.94. The smallest absolute Gasteiger partial charge is 0.123 e. The first-order chi connectivity index (χ1) is 10.7. The third-order valence-corrected chi connectivity index (χ3v) is 3.77. The van der Waals surface area contributed by atoms with Crippen molar-refractivity contribution in [1.82, 2.24) is 9.97 Å². The molecule has 0 aliphatic carbocycles. The third kappa shape index (κ3) is 2.70. The SMILES string of the molecule is CCc1nc(N)ccc1-c1ccccc1-c1ccc(C)nc1. The van der Waals surface area contributed by atoms with Crippen molar-refractivity contribution in [3.05, 3.63) is 66.1 Å². The molecule has 1 aromatic carbocycles. The van der Waals surface area contributed by atoms with Gasteiger partial charge >= 0.3 is 0 Å². The van der Waals surface area contributed by atoms with Gasteiger partial charge in [0.1, 0.15) is 5.82 Å². The molecule has 3 rings (SSSR count). The molecule has 3 heteroatoms. The van der Waals surface area contributed by atoms with E-state index in [1.807, 2.05) is 25.3 Å². The van der Waals surface area contributed by atoms with Crippen LogP contribution in [-0.2, 0) is 6.42 Å². The summed E-state index contributed by atoms with van der Waals surface area (Å²) >= 11 is 0. The number of anilines is 1. The van der Waals surface area contributed by atoms with Gasteiger partial charge in [-0.15, -0.1) is 0 Å². The Bertz CT molecular complexity index is 792. The molecule has 0 fully saturated rings. The summed E-state index contributed by atoms with van der Waals surface area (Å²) in [5.41, 5.74) is 12.4. The Hall–Kier alpha value is -2.68. The standard InChI is InChI=1S/C19H19N3/c1-3-18-17(10-11-19(20)22-18)16-7-5-4-6-15(16)14-9-8-13(2)21-12-14/h4-12H,3H2,1-2H3,(H2,20,22). The molecule has 0 aliphatic rings. The third-order valence-electron chi connectivity index (χ3n) is 3.77. The van der Waals surface area contributed by atoms with Gasteiger partial charge in [0.15, 0.2) is 0 Å². The van der Waals surface area contributed by atoms with Crippen LogP contribution in [0.2, 0.25) is 0 Å². The van der Waals surface area contributed by atoms with Gasteiger partial charge in [-0.05, 0) is 42.7 Å². The second kappa shape index (κ2) is 5.98. The van der Waals surface area contributed by atoms with E-state index in [4.69, 9.17) is 5.73 Å². The number of rotatable bonds is 3. The fraction of sp³-hybridized carbons (Fsp3) is 0.158. The topological polar surface area (TPSA) is 51.8 Å². The Labute approximate surface area is 130 Å². The van der Waals surface area contributed by atoms with Crippen LogP contribution in [0.15, 0.2) is 54.7 Å². The van der Waals surface area contributed by atoms with E-state index in [-0.39, 0.29) is 0 Å². The molecule has 0 aliphatic heterocycles. The number of aromatic nitrogens is 2. The van der Waals surface area contributed by atoms with Gasteiger partial charge in [0.2, 0.25) is 0 Å². The van der Waals surface area contributed by atoms with Crippen LogP contribution in [-0.4, -0.2) is 9.97 Å². The van der Waals surface area contributed by atoms with Crippen LogP contribution < -0.4 is 5.73 Å². The van der Waals surface area contributed by atoms with Crippen LogP contribution in [0.4, 0.5) is 5.82 Å². The molecule has 0 bridgehead atoms. The summed E-state index contributed by atoms with van der Waals surface area (Å²) in [5, 5.41) is 0. The van der Waals surface area contributed by atoms with Crippen molar-refractivity contribution in [2.45, 2.75) is 20.3 Å². The van der Waals surface area contributed by atoms with Crippen LogP contribution in [0.5, 0.6) is 0 Å². The molecule has 110 valence electrons. The van der Waals surface area contributed by atoms with E-state index in [0.29, 0.717) is 5.82 Å². The highest BCUT2D eigenvalue weighted by Crippen LogP contribution is 2.33. The largest absolute Gasteiger partial charge is 0.384 e. The predicted molar refractivity (Wildman–Crippen MR) is 91.4 cm³/mol. The lowest BCUT2D eigenvalue weighted by Crippen LogP contribution is -1.98. The summed E-state index contributed by atoms with van der Waals surface area (Å²) < 4.78 is 0. The molecule has 0 atom stereocenters. The maximum absolute atomic E-state index is 5.83. The van der Waals surface area contributed by atoms with Gasteiger partial charge < -0.3 is 5.73 Å². The van der Waals surface area contributed by atoms with Crippen LogP contribution in [0.3, 0.4) is 0 Å². The number of nitrogens with two attached hydrogens (primary N) is 1. The monoisotopic (exact) mass is 289 g/mol. The molecular formula is C19H19N3. The molecule has 3 nitrogen and oxygen atoms in total. The lowest BCUT2D eigenvalue weighted by molar-refractivity contribution is 1.04. The minimum atomic E-state index is 0.565. The predicted octanol–water partition coefficient (Wildman–Crippen LogP) is 4.26. The molecule has 0 spiro atoms. The van der Waals surface area contributed by atoms with Gasteiger partial charge in [-0.1, -0.05) is 37.3 Å². The average molecular weight is 289 g/mol. The molecule has 0 saturated carbocycles. The van der Waals surface area contributed by atoms with E-state index < -0.39 is 0 Å². The van der Waals surface area contributed by atoms with Crippen LogP contribution in [0, 0.1) is 6.92 Å². The highest BCUT2D eigenvalue weighted by Gasteiger charge is 2.11. The van der Waals surface area contributed by atoms with Gasteiger partial charge in [0, 0.05) is 23.0 Å². The minimum absolute atomic E-state index is 0.565.